The molecule has 6 nitrogen and oxygen atoms in total. The number of amides is 1. The minimum Gasteiger partial charge on any atom is -0.469 e. The van der Waals surface area contributed by atoms with Crippen molar-refractivity contribution in [2.75, 3.05) is 12.0 Å². The molecule has 8 heteroatoms. The summed E-state index contributed by atoms with van der Waals surface area (Å²) in [7, 11) is 1.38. The Hall–Kier alpha value is -4.46. The van der Waals surface area contributed by atoms with Gasteiger partial charge in [-0.3, -0.25) is 9.59 Å². The number of hydrogen-bond donors (Lipinski definition) is 1. The first-order valence-corrected chi connectivity index (χ1v) is 15.2. The quantitative estimate of drug-likeness (QED) is 0.149. The number of carbonyl (C=O) groups is 2. The molecule has 1 atom stereocenters. The van der Waals surface area contributed by atoms with Gasteiger partial charge in [0.05, 0.1) is 25.3 Å². The maximum absolute atomic E-state index is 12.9. The number of rotatable bonds is 12. The molecule has 0 spiro atoms. The van der Waals surface area contributed by atoms with Crippen molar-refractivity contribution in [1.82, 2.24) is 10.3 Å². The molecule has 4 aromatic carbocycles. The van der Waals surface area contributed by atoms with Crippen LogP contribution in [0.15, 0.2) is 115 Å². The van der Waals surface area contributed by atoms with E-state index in [1.54, 1.807) is 0 Å². The maximum atomic E-state index is 12.9. The maximum Gasteiger partial charge on any atom is 0.311 e. The van der Waals surface area contributed by atoms with Crippen LogP contribution in [0.3, 0.4) is 0 Å². The fraction of sp³-hybridized carbons (Fsp3) is 0.171. The molecular weight excluding hydrogens is 578 g/mol. The van der Waals surface area contributed by atoms with Gasteiger partial charge in [-0.2, -0.15) is 0 Å². The van der Waals surface area contributed by atoms with Crippen LogP contribution in [0.25, 0.3) is 0 Å². The third-order valence-corrected chi connectivity index (χ3v) is 8.24. The Labute approximate surface area is 260 Å². The van der Waals surface area contributed by atoms with Crippen LogP contribution >= 0.6 is 22.9 Å². The Morgan fingerprint density at radius 3 is 2.28 bits per heavy atom. The van der Waals surface area contributed by atoms with Crippen molar-refractivity contribution in [3.05, 3.63) is 153 Å². The predicted molar refractivity (Wildman–Crippen MR) is 172 cm³/mol. The van der Waals surface area contributed by atoms with Crippen molar-refractivity contribution in [3.8, 4) is 0 Å². The lowest BCUT2D eigenvalue weighted by Gasteiger charge is -2.32. The highest BCUT2D eigenvalue weighted by atomic mass is 35.5. The third-order valence-electron chi connectivity index (χ3n) is 7.08. The Morgan fingerprint density at radius 2 is 1.58 bits per heavy atom. The number of aromatic nitrogens is 1. The second-order valence-electron chi connectivity index (χ2n) is 10.1. The number of esters is 1. The normalized spacial score (nSPS) is 11.5. The number of carbonyl (C=O) groups excluding carboxylic acids is 2. The number of halogens is 1. The second-order valence-corrected chi connectivity index (χ2v) is 11.4. The van der Waals surface area contributed by atoms with Crippen LogP contribution in [0.4, 0.5) is 5.13 Å². The van der Waals surface area contributed by atoms with Gasteiger partial charge in [0, 0.05) is 29.1 Å². The molecule has 0 aliphatic rings. The van der Waals surface area contributed by atoms with Crippen molar-refractivity contribution < 1.29 is 14.3 Å². The Morgan fingerprint density at radius 1 is 0.884 bits per heavy atom. The molecule has 0 radical (unpaired) electrons. The first-order chi connectivity index (χ1) is 21.0. The summed E-state index contributed by atoms with van der Waals surface area (Å²) >= 11 is 7.59. The summed E-state index contributed by atoms with van der Waals surface area (Å²) in [6.45, 7) is 0.951. The summed E-state index contributed by atoms with van der Waals surface area (Å²) in [6.07, 6.45) is 0.884. The zero-order valence-corrected chi connectivity index (χ0v) is 25.4. The van der Waals surface area contributed by atoms with E-state index in [0.717, 1.165) is 28.2 Å². The van der Waals surface area contributed by atoms with E-state index in [2.05, 4.69) is 46.6 Å². The van der Waals surface area contributed by atoms with E-state index in [0.29, 0.717) is 29.4 Å². The first kappa shape index (κ1) is 30.0. The minimum absolute atomic E-state index is 0.0265. The summed E-state index contributed by atoms with van der Waals surface area (Å²) in [4.78, 5) is 32.0. The molecule has 0 saturated carbocycles. The van der Waals surface area contributed by atoms with Crippen LogP contribution in [-0.4, -0.2) is 24.0 Å². The SMILES string of the molecule is COC(=O)Cc1csc(N(Cc2ccc(C(=O)NCc3cccc(Cl)c3)cc2)C(Cc2ccccc2)c2ccccc2)n1. The molecule has 0 aliphatic heterocycles. The molecule has 0 aliphatic carbocycles. The van der Waals surface area contributed by atoms with Gasteiger partial charge < -0.3 is 15.0 Å². The van der Waals surface area contributed by atoms with Crippen molar-refractivity contribution in [3.63, 3.8) is 0 Å². The van der Waals surface area contributed by atoms with Gasteiger partial charge in [0.15, 0.2) is 5.13 Å². The van der Waals surface area contributed by atoms with Crippen LogP contribution in [-0.2, 0) is 35.5 Å². The fourth-order valence-corrected chi connectivity index (χ4v) is 5.94. The van der Waals surface area contributed by atoms with Crippen molar-refractivity contribution in [2.24, 2.45) is 0 Å². The summed E-state index contributed by atoms with van der Waals surface area (Å²) in [5, 5.41) is 6.33. The number of thiazole rings is 1. The molecule has 1 amide bonds. The smallest absolute Gasteiger partial charge is 0.311 e. The van der Waals surface area contributed by atoms with E-state index >= 15 is 0 Å². The second kappa shape index (κ2) is 14.6. The topological polar surface area (TPSA) is 71.5 Å². The van der Waals surface area contributed by atoms with Gasteiger partial charge in [-0.1, -0.05) is 96.5 Å². The van der Waals surface area contributed by atoms with Crippen molar-refractivity contribution in [2.45, 2.75) is 32.0 Å². The van der Waals surface area contributed by atoms with Gasteiger partial charge in [-0.15, -0.1) is 11.3 Å². The lowest BCUT2D eigenvalue weighted by atomic mass is 9.97. The number of nitrogens with zero attached hydrogens (tertiary/aromatic N) is 2. The van der Waals surface area contributed by atoms with Gasteiger partial charge in [0.1, 0.15) is 0 Å². The number of nitrogens with one attached hydrogen (secondary N) is 1. The highest BCUT2D eigenvalue weighted by molar-refractivity contribution is 7.13. The number of methoxy groups -OCH3 is 1. The highest BCUT2D eigenvalue weighted by Gasteiger charge is 2.25. The molecule has 1 N–H and O–H groups in total. The molecule has 0 saturated heterocycles. The van der Waals surface area contributed by atoms with E-state index in [9.17, 15) is 9.59 Å². The molecule has 43 heavy (non-hydrogen) atoms. The highest BCUT2D eigenvalue weighted by Crippen LogP contribution is 2.34. The summed E-state index contributed by atoms with van der Waals surface area (Å²) < 4.78 is 4.87. The number of ether oxygens (including phenoxy) is 1. The van der Waals surface area contributed by atoms with E-state index in [1.807, 2.05) is 78.2 Å². The van der Waals surface area contributed by atoms with Gasteiger partial charge in [0.2, 0.25) is 0 Å². The average Bonchev–Trinajstić information content (AvgIpc) is 3.50. The largest absolute Gasteiger partial charge is 0.469 e. The molecule has 218 valence electrons. The molecule has 5 rings (SSSR count). The molecule has 0 fully saturated rings. The molecule has 1 aromatic heterocycles. The van der Waals surface area contributed by atoms with E-state index in [4.69, 9.17) is 21.3 Å². The summed E-state index contributed by atoms with van der Waals surface area (Å²) in [6, 6.07) is 35.8. The predicted octanol–water partition coefficient (Wildman–Crippen LogP) is 7.43. The van der Waals surface area contributed by atoms with Gasteiger partial charge in [-0.25, -0.2) is 4.98 Å². The summed E-state index contributed by atoms with van der Waals surface area (Å²) in [5.74, 6) is -0.474. The molecule has 1 heterocycles. The van der Waals surface area contributed by atoms with Crippen LogP contribution in [0.5, 0.6) is 0 Å². The molecule has 5 aromatic rings. The zero-order valence-electron chi connectivity index (χ0n) is 23.8. The number of hydrogen-bond acceptors (Lipinski definition) is 6. The van der Waals surface area contributed by atoms with Gasteiger partial charge >= 0.3 is 5.97 Å². The minimum atomic E-state index is -0.323. The standard InChI is InChI=1S/C35H32ClN3O3S/c1-42-33(40)21-31-24-43-35(38-31)39(32(28-12-6-3-7-13-28)20-25-9-4-2-5-10-25)23-26-15-17-29(18-16-26)34(41)37-22-27-11-8-14-30(36)19-27/h2-19,24,32H,20-23H2,1H3,(H,37,41). The Bertz CT molecular complexity index is 1640. The Balaban J connectivity index is 1.41. The monoisotopic (exact) mass is 609 g/mol. The zero-order chi connectivity index (χ0) is 30.0. The Kier molecular flexibility index (Phi) is 10.2. The molecule has 1 unspecified atom stereocenters. The molecular formula is C35H32ClN3O3S. The summed E-state index contributed by atoms with van der Waals surface area (Å²) in [5.41, 5.74) is 5.59. The van der Waals surface area contributed by atoms with E-state index in [-0.39, 0.29) is 24.3 Å². The van der Waals surface area contributed by atoms with E-state index in [1.165, 1.54) is 24.0 Å². The van der Waals surface area contributed by atoms with Crippen LogP contribution in [0.2, 0.25) is 5.02 Å². The van der Waals surface area contributed by atoms with E-state index < -0.39 is 0 Å². The van der Waals surface area contributed by atoms with Gasteiger partial charge in [-0.05, 0) is 52.9 Å². The van der Waals surface area contributed by atoms with Crippen LogP contribution < -0.4 is 10.2 Å². The van der Waals surface area contributed by atoms with Gasteiger partial charge in [0.25, 0.3) is 5.91 Å². The lowest BCUT2D eigenvalue weighted by Crippen LogP contribution is -2.30. The number of anilines is 1. The average molecular weight is 610 g/mol. The molecule has 0 bridgehead atoms. The fourth-order valence-electron chi connectivity index (χ4n) is 4.85. The number of benzene rings is 4. The van der Waals surface area contributed by atoms with Crippen LogP contribution in [0.1, 0.15) is 44.3 Å². The van der Waals surface area contributed by atoms with Crippen molar-refractivity contribution in [1.29, 1.82) is 0 Å². The third kappa shape index (κ3) is 8.31. The van der Waals surface area contributed by atoms with Crippen LogP contribution in [0, 0.1) is 0 Å². The lowest BCUT2D eigenvalue weighted by molar-refractivity contribution is -0.139. The van der Waals surface area contributed by atoms with Crippen molar-refractivity contribution >= 4 is 39.9 Å². The first-order valence-electron chi connectivity index (χ1n) is 14.0.